The van der Waals surface area contributed by atoms with Crippen LogP contribution in [0.1, 0.15) is 19.0 Å². The van der Waals surface area contributed by atoms with E-state index in [1.54, 1.807) is 0 Å². The molecule has 2 rings (SSSR count). The van der Waals surface area contributed by atoms with Gasteiger partial charge in [0.15, 0.2) is 0 Å². The van der Waals surface area contributed by atoms with Gasteiger partial charge < -0.3 is 10.6 Å². The van der Waals surface area contributed by atoms with Crippen molar-refractivity contribution in [1.82, 2.24) is 9.97 Å². The molecule has 110 valence electrons. The number of carbonyl (C=O) groups is 1. The van der Waals surface area contributed by atoms with Crippen molar-refractivity contribution < 1.29 is 4.79 Å². The molecule has 0 fully saturated rings. The van der Waals surface area contributed by atoms with Crippen molar-refractivity contribution in [2.24, 2.45) is 0 Å². The van der Waals surface area contributed by atoms with E-state index in [-0.39, 0.29) is 10.7 Å². The molecular weight excluding hydrogens is 332 g/mol. The van der Waals surface area contributed by atoms with Crippen molar-refractivity contribution in [3.05, 3.63) is 42.4 Å². The molecule has 1 atom stereocenters. The number of nitrogens with zero attached hydrogens (tertiary/aromatic N) is 2. The minimum Gasteiger partial charge on any atom is -0.340 e. The number of anilines is 3. The first-order valence-electron chi connectivity index (χ1n) is 6.69. The summed E-state index contributed by atoms with van der Waals surface area (Å²) in [6.07, 6.45) is 2.27. The van der Waals surface area contributed by atoms with Crippen LogP contribution >= 0.6 is 15.9 Å². The number of rotatable bonds is 5. The van der Waals surface area contributed by atoms with Gasteiger partial charge in [-0.15, -0.1) is 0 Å². The Kier molecular flexibility index (Phi) is 5.27. The molecule has 1 aromatic carbocycles. The molecule has 0 aliphatic heterocycles. The van der Waals surface area contributed by atoms with Crippen LogP contribution in [0.4, 0.5) is 17.2 Å². The van der Waals surface area contributed by atoms with E-state index < -0.39 is 0 Å². The predicted octanol–water partition coefficient (Wildman–Crippen LogP) is 3.64. The molecule has 0 saturated carbocycles. The summed E-state index contributed by atoms with van der Waals surface area (Å²) >= 11 is 3.33. The van der Waals surface area contributed by atoms with Crippen molar-refractivity contribution >= 4 is 39.0 Å². The van der Waals surface area contributed by atoms with Gasteiger partial charge >= 0.3 is 0 Å². The molecular formula is C15H17BrN4O. The fourth-order valence-corrected chi connectivity index (χ4v) is 1.83. The number of aryl methyl sites for hydroxylation is 1. The van der Waals surface area contributed by atoms with E-state index in [2.05, 4.69) is 36.5 Å². The van der Waals surface area contributed by atoms with E-state index in [0.29, 0.717) is 0 Å². The van der Waals surface area contributed by atoms with E-state index >= 15 is 0 Å². The molecule has 2 N–H and O–H groups in total. The molecule has 0 spiro atoms. The maximum Gasteiger partial charge on any atom is 0.238 e. The summed E-state index contributed by atoms with van der Waals surface area (Å²) in [5.41, 5.74) is 2.57. The van der Waals surface area contributed by atoms with Gasteiger partial charge in [0.25, 0.3) is 0 Å². The predicted molar refractivity (Wildman–Crippen MR) is 88.1 cm³/mol. The first-order chi connectivity index (χ1) is 10.1. The molecule has 5 nitrogen and oxygen atoms in total. The minimum absolute atomic E-state index is 0.0374. The topological polar surface area (TPSA) is 66.9 Å². The largest absolute Gasteiger partial charge is 0.340 e. The van der Waals surface area contributed by atoms with Gasteiger partial charge in [-0.05, 0) is 37.6 Å². The number of aromatic nitrogens is 2. The maximum atomic E-state index is 11.8. The summed E-state index contributed by atoms with van der Waals surface area (Å²) in [7, 11) is 0. The lowest BCUT2D eigenvalue weighted by Gasteiger charge is -2.10. The van der Waals surface area contributed by atoms with Crippen molar-refractivity contribution in [1.29, 1.82) is 0 Å². The van der Waals surface area contributed by atoms with Gasteiger partial charge in [-0.3, -0.25) is 4.79 Å². The molecule has 6 heteroatoms. The standard InChI is InChI=1S/C15H17BrN4O/c1-3-13(16)15(21)20-12-6-4-11(5-7-12)19-14-8-10(2)17-9-18-14/h4-9,13H,3H2,1-2H3,(H,20,21)(H,17,18,19). The lowest BCUT2D eigenvalue weighted by Crippen LogP contribution is -2.21. The summed E-state index contributed by atoms with van der Waals surface area (Å²) in [6, 6.07) is 9.35. The number of carbonyl (C=O) groups excluding carboxylic acids is 1. The van der Waals surface area contributed by atoms with Crippen LogP contribution < -0.4 is 10.6 Å². The third-order valence-electron chi connectivity index (χ3n) is 2.87. The molecule has 1 unspecified atom stereocenters. The van der Waals surface area contributed by atoms with Gasteiger partial charge in [0.2, 0.25) is 5.91 Å². The molecule has 1 aromatic heterocycles. The summed E-state index contributed by atoms with van der Waals surface area (Å²) < 4.78 is 0. The van der Waals surface area contributed by atoms with Crippen LogP contribution in [-0.4, -0.2) is 20.7 Å². The normalized spacial score (nSPS) is 11.8. The summed E-state index contributed by atoms with van der Waals surface area (Å²) in [5, 5.41) is 6.04. The quantitative estimate of drug-likeness (QED) is 0.809. The number of hydrogen-bond acceptors (Lipinski definition) is 4. The molecule has 2 aromatic rings. The molecule has 0 radical (unpaired) electrons. The first-order valence-corrected chi connectivity index (χ1v) is 7.60. The number of nitrogens with one attached hydrogen (secondary N) is 2. The average Bonchev–Trinajstić information content (AvgIpc) is 2.48. The molecule has 0 aliphatic rings. The van der Waals surface area contributed by atoms with Gasteiger partial charge in [-0.1, -0.05) is 22.9 Å². The van der Waals surface area contributed by atoms with Gasteiger partial charge in [-0.25, -0.2) is 9.97 Å². The molecule has 0 bridgehead atoms. The summed E-state index contributed by atoms with van der Waals surface area (Å²) in [5.74, 6) is 0.704. The zero-order chi connectivity index (χ0) is 15.2. The average molecular weight is 349 g/mol. The zero-order valence-electron chi connectivity index (χ0n) is 11.9. The Morgan fingerprint density at radius 3 is 2.52 bits per heavy atom. The van der Waals surface area contributed by atoms with Crippen molar-refractivity contribution in [2.75, 3.05) is 10.6 Å². The third-order valence-corrected chi connectivity index (χ3v) is 3.93. The Morgan fingerprint density at radius 2 is 1.90 bits per heavy atom. The zero-order valence-corrected chi connectivity index (χ0v) is 13.5. The summed E-state index contributed by atoms with van der Waals surface area (Å²) in [6.45, 7) is 3.87. The highest BCUT2D eigenvalue weighted by molar-refractivity contribution is 9.10. The van der Waals surface area contributed by atoms with E-state index in [4.69, 9.17) is 0 Å². The molecule has 0 aliphatic carbocycles. The van der Waals surface area contributed by atoms with Gasteiger partial charge in [0, 0.05) is 23.1 Å². The fourth-order valence-electron chi connectivity index (χ4n) is 1.71. The Balaban J connectivity index is 2.00. The van der Waals surface area contributed by atoms with Crippen LogP contribution in [0.3, 0.4) is 0 Å². The number of amides is 1. The highest BCUT2D eigenvalue weighted by atomic mass is 79.9. The van der Waals surface area contributed by atoms with Crippen LogP contribution in [0.2, 0.25) is 0 Å². The lowest BCUT2D eigenvalue weighted by atomic mass is 10.2. The fraction of sp³-hybridized carbons (Fsp3) is 0.267. The maximum absolute atomic E-state index is 11.8. The molecule has 1 heterocycles. The second-order valence-corrected chi connectivity index (χ2v) is 5.72. The Morgan fingerprint density at radius 1 is 1.24 bits per heavy atom. The van der Waals surface area contributed by atoms with E-state index in [1.165, 1.54) is 6.33 Å². The van der Waals surface area contributed by atoms with Crippen molar-refractivity contribution in [3.8, 4) is 0 Å². The SMILES string of the molecule is CCC(Br)C(=O)Nc1ccc(Nc2cc(C)ncn2)cc1. The third kappa shape index (κ3) is 4.53. The van der Waals surface area contributed by atoms with Gasteiger partial charge in [0.1, 0.15) is 12.1 Å². The molecule has 1 amide bonds. The number of benzene rings is 1. The lowest BCUT2D eigenvalue weighted by molar-refractivity contribution is -0.115. The monoisotopic (exact) mass is 348 g/mol. The van der Waals surface area contributed by atoms with Crippen LogP contribution in [0.5, 0.6) is 0 Å². The minimum atomic E-state index is -0.167. The van der Waals surface area contributed by atoms with Crippen LogP contribution in [0, 0.1) is 6.92 Å². The Bertz CT molecular complexity index is 615. The van der Waals surface area contributed by atoms with E-state index in [0.717, 1.165) is 29.3 Å². The Labute approximate surface area is 132 Å². The van der Waals surface area contributed by atoms with Crippen LogP contribution in [0.25, 0.3) is 0 Å². The van der Waals surface area contributed by atoms with Crippen LogP contribution in [-0.2, 0) is 4.79 Å². The summed E-state index contributed by atoms with van der Waals surface area (Å²) in [4.78, 5) is 19.8. The highest BCUT2D eigenvalue weighted by Crippen LogP contribution is 2.18. The van der Waals surface area contributed by atoms with Crippen molar-refractivity contribution in [3.63, 3.8) is 0 Å². The second-order valence-electron chi connectivity index (χ2n) is 4.61. The molecule has 21 heavy (non-hydrogen) atoms. The van der Waals surface area contributed by atoms with E-state index in [9.17, 15) is 4.79 Å². The second kappa shape index (κ2) is 7.17. The van der Waals surface area contributed by atoms with Crippen molar-refractivity contribution in [2.45, 2.75) is 25.1 Å². The van der Waals surface area contributed by atoms with Gasteiger partial charge in [-0.2, -0.15) is 0 Å². The number of alkyl halides is 1. The van der Waals surface area contributed by atoms with Gasteiger partial charge in [0.05, 0.1) is 4.83 Å². The smallest absolute Gasteiger partial charge is 0.238 e. The highest BCUT2D eigenvalue weighted by Gasteiger charge is 2.11. The number of halogens is 1. The van der Waals surface area contributed by atoms with E-state index in [1.807, 2.05) is 44.2 Å². The molecule has 0 saturated heterocycles. The Hall–Kier alpha value is -1.95. The number of hydrogen-bond donors (Lipinski definition) is 2. The first kappa shape index (κ1) is 15.4. The van der Waals surface area contributed by atoms with Crippen LogP contribution in [0.15, 0.2) is 36.7 Å².